The monoisotopic (exact) mass is 249 g/mol. The molecule has 94 valence electrons. The van der Waals surface area contributed by atoms with Gasteiger partial charge in [-0.3, -0.25) is 0 Å². The zero-order chi connectivity index (χ0) is 12.1. The third-order valence-electron chi connectivity index (χ3n) is 3.63. The van der Waals surface area contributed by atoms with Gasteiger partial charge in [0.1, 0.15) is 0 Å². The Morgan fingerprint density at radius 1 is 1.29 bits per heavy atom. The van der Waals surface area contributed by atoms with Crippen molar-refractivity contribution in [3.63, 3.8) is 0 Å². The van der Waals surface area contributed by atoms with Crippen LogP contribution in [-0.2, 0) is 5.75 Å². The average molecular weight is 249 g/mol. The molecule has 1 aromatic carbocycles. The predicted molar refractivity (Wildman–Crippen MR) is 77.6 cm³/mol. The van der Waals surface area contributed by atoms with Crippen molar-refractivity contribution in [1.29, 1.82) is 0 Å². The zero-order valence-corrected chi connectivity index (χ0v) is 11.7. The van der Waals surface area contributed by atoms with E-state index in [2.05, 4.69) is 55.2 Å². The summed E-state index contributed by atoms with van der Waals surface area (Å²) in [6.07, 6.45) is 4.14. The fourth-order valence-corrected chi connectivity index (χ4v) is 4.11. The van der Waals surface area contributed by atoms with Crippen molar-refractivity contribution in [3.05, 3.63) is 35.4 Å². The van der Waals surface area contributed by atoms with Crippen molar-refractivity contribution >= 4 is 11.8 Å². The second-order valence-electron chi connectivity index (χ2n) is 4.87. The van der Waals surface area contributed by atoms with Gasteiger partial charge in [0.05, 0.1) is 0 Å². The molecule has 1 fully saturated rings. The first kappa shape index (κ1) is 13.0. The van der Waals surface area contributed by atoms with E-state index in [1.165, 1.54) is 36.1 Å². The summed E-state index contributed by atoms with van der Waals surface area (Å²) in [5, 5.41) is 4.44. The fraction of sp³-hybridized carbons (Fsp3) is 0.600. The molecule has 1 aliphatic rings. The number of benzene rings is 1. The van der Waals surface area contributed by atoms with E-state index in [4.69, 9.17) is 0 Å². The molecule has 1 saturated carbocycles. The second-order valence-corrected chi connectivity index (χ2v) is 6.10. The quantitative estimate of drug-likeness (QED) is 0.853. The van der Waals surface area contributed by atoms with E-state index >= 15 is 0 Å². The minimum Gasteiger partial charge on any atom is -0.313 e. The maximum Gasteiger partial charge on any atom is 0.0204 e. The molecule has 2 atom stereocenters. The molecule has 2 rings (SSSR count). The van der Waals surface area contributed by atoms with Crippen LogP contribution in [0.5, 0.6) is 0 Å². The van der Waals surface area contributed by atoms with Gasteiger partial charge in [0.25, 0.3) is 0 Å². The van der Waals surface area contributed by atoms with E-state index < -0.39 is 0 Å². The van der Waals surface area contributed by atoms with Crippen LogP contribution in [0.2, 0.25) is 0 Å². The summed E-state index contributed by atoms with van der Waals surface area (Å²) < 4.78 is 0. The molecule has 0 heterocycles. The number of aryl methyl sites for hydroxylation is 1. The minimum absolute atomic E-state index is 0.744. The second kappa shape index (κ2) is 6.46. The number of thioether (sulfide) groups is 1. The van der Waals surface area contributed by atoms with Crippen LogP contribution in [0.25, 0.3) is 0 Å². The summed E-state index contributed by atoms with van der Waals surface area (Å²) in [7, 11) is 0. The molecule has 1 N–H and O–H groups in total. The molecule has 0 aliphatic heterocycles. The maximum atomic E-state index is 3.62. The summed E-state index contributed by atoms with van der Waals surface area (Å²) >= 11 is 2.14. The molecular weight excluding hydrogens is 226 g/mol. The van der Waals surface area contributed by atoms with E-state index in [0.717, 1.165) is 17.8 Å². The Balaban J connectivity index is 1.87. The van der Waals surface area contributed by atoms with E-state index in [1.807, 2.05) is 0 Å². The first-order valence-corrected chi connectivity index (χ1v) is 7.75. The third kappa shape index (κ3) is 3.49. The summed E-state index contributed by atoms with van der Waals surface area (Å²) in [5.41, 5.74) is 2.93. The lowest BCUT2D eigenvalue weighted by Gasteiger charge is -2.20. The van der Waals surface area contributed by atoms with Gasteiger partial charge in [-0.15, -0.1) is 0 Å². The Hall–Kier alpha value is -0.470. The van der Waals surface area contributed by atoms with Crippen LogP contribution in [0.1, 0.15) is 37.3 Å². The number of hydrogen-bond donors (Lipinski definition) is 1. The van der Waals surface area contributed by atoms with Crippen LogP contribution in [-0.4, -0.2) is 17.8 Å². The Bertz CT molecular complexity index is 351. The molecule has 2 heteroatoms. The number of hydrogen-bond acceptors (Lipinski definition) is 2. The smallest absolute Gasteiger partial charge is 0.0204 e. The SMILES string of the molecule is CCNC1CCCC1SCc1ccccc1C. The summed E-state index contributed by atoms with van der Waals surface area (Å²) in [5.74, 6) is 1.17. The molecule has 17 heavy (non-hydrogen) atoms. The van der Waals surface area contributed by atoms with Gasteiger partial charge >= 0.3 is 0 Å². The maximum absolute atomic E-state index is 3.62. The van der Waals surface area contributed by atoms with Crippen LogP contribution >= 0.6 is 11.8 Å². The van der Waals surface area contributed by atoms with Gasteiger partial charge in [0, 0.05) is 17.0 Å². The van der Waals surface area contributed by atoms with Gasteiger partial charge in [0.2, 0.25) is 0 Å². The Labute approximate surface area is 109 Å². The van der Waals surface area contributed by atoms with E-state index in [-0.39, 0.29) is 0 Å². The van der Waals surface area contributed by atoms with Gasteiger partial charge in [-0.05, 0) is 37.4 Å². The Morgan fingerprint density at radius 3 is 2.88 bits per heavy atom. The van der Waals surface area contributed by atoms with Crippen LogP contribution in [0.15, 0.2) is 24.3 Å². The molecule has 2 unspecified atom stereocenters. The van der Waals surface area contributed by atoms with E-state index in [1.54, 1.807) is 0 Å². The van der Waals surface area contributed by atoms with Crippen molar-refractivity contribution in [3.8, 4) is 0 Å². The number of rotatable bonds is 5. The highest BCUT2D eigenvalue weighted by Gasteiger charge is 2.26. The lowest BCUT2D eigenvalue weighted by molar-refractivity contribution is 0.551. The topological polar surface area (TPSA) is 12.0 Å². The first-order chi connectivity index (χ1) is 8.31. The van der Waals surface area contributed by atoms with E-state index in [0.29, 0.717) is 0 Å². The summed E-state index contributed by atoms with van der Waals surface area (Å²) in [6, 6.07) is 9.50. The highest BCUT2D eigenvalue weighted by atomic mass is 32.2. The van der Waals surface area contributed by atoms with Crippen molar-refractivity contribution in [1.82, 2.24) is 5.32 Å². The minimum atomic E-state index is 0.744. The molecule has 1 nitrogen and oxygen atoms in total. The van der Waals surface area contributed by atoms with Crippen molar-refractivity contribution in [2.45, 2.75) is 50.2 Å². The highest BCUT2D eigenvalue weighted by molar-refractivity contribution is 7.99. The third-order valence-corrected chi connectivity index (χ3v) is 5.10. The molecule has 1 aromatic rings. The Kier molecular flexibility index (Phi) is 4.93. The molecule has 0 amide bonds. The lowest BCUT2D eigenvalue weighted by Crippen LogP contribution is -2.33. The zero-order valence-electron chi connectivity index (χ0n) is 10.9. The van der Waals surface area contributed by atoms with Crippen molar-refractivity contribution in [2.24, 2.45) is 0 Å². The van der Waals surface area contributed by atoms with Crippen molar-refractivity contribution in [2.75, 3.05) is 6.54 Å². The summed E-state index contributed by atoms with van der Waals surface area (Å²) in [6.45, 7) is 5.53. The van der Waals surface area contributed by atoms with Crippen LogP contribution < -0.4 is 5.32 Å². The molecule has 1 aliphatic carbocycles. The molecule has 0 radical (unpaired) electrons. The van der Waals surface area contributed by atoms with Gasteiger partial charge in [0.15, 0.2) is 0 Å². The van der Waals surface area contributed by atoms with Crippen molar-refractivity contribution < 1.29 is 0 Å². The predicted octanol–water partition coefficient (Wildman–Crippen LogP) is 3.76. The van der Waals surface area contributed by atoms with Gasteiger partial charge in [-0.2, -0.15) is 11.8 Å². The van der Waals surface area contributed by atoms with Gasteiger partial charge < -0.3 is 5.32 Å². The highest BCUT2D eigenvalue weighted by Crippen LogP contribution is 2.32. The van der Waals surface area contributed by atoms with Gasteiger partial charge in [-0.25, -0.2) is 0 Å². The van der Waals surface area contributed by atoms with Gasteiger partial charge in [-0.1, -0.05) is 37.6 Å². The van der Waals surface area contributed by atoms with Crippen LogP contribution in [0.4, 0.5) is 0 Å². The van der Waals surface area contributed by atoms with Crippen LogP contribution in [0, 0.1) is 6.92 Å². The van der Waals surface area contributed by atoms with Crippen LogP contribution in [0.3, 0.4) is 0 Å². The fourth-order valence-electron chi connectivity index (χ4n) is 2.59. The largest absolute Gasteiger partial charge is 0.313 e. The van der Waals surface area contributed by atoms with E-state index in [9.17, 15) is 0 Å². The molecule has 0 saturated heterocycles. The molecule has 0 spiro atoms. The molecule has 0 aromatic heterocycles. The number of nitrogens with one attached hydrogen (secondary N) is 1. The lowest BCUT2D eigenvalue weighted by atomic mass is 10.1. The average Bonchev–Trinajstić information content (AvgIpc) is 2.76. The molecular formula is C15H23NS. The summed E-state index contributed by atoms with van der Waals surface area (Å²) in [4.78, 5) is 0. The standard InChI is InChI=1S/C15H23NS/c1-3-16-14-9-6-10-15(14)17-11-13-8-5-4-7-12(13)2/h4-5,7-8,14-16H,3,6,9-11H2,1-2H3. The molecule has 0 bridgehead atoms. The normalized spacial score (nSPS) is 24.1. The Morgan fingerprint density at radius 2 is 2.12 bits per heavy atom. The first-order valence-electron chi connectivity index (χ1n) is 6.70.